The highest BCUT2D eigenvalue weighted by Crippen LogP contribution is 2.65. The summed E-state index contributed by atoms with van der Waals surface area (Å²) < 4.78 is 27.9. The van der Waals surface area contributed by atoms with E-state index in [1.54, 1.807) is 20.8 Å². The predicted octanol–water partition coefficient (Wildman–Crippen LogP) is 1.16. The lowest BCUT2D eigenvalue weighted by molar-refractivity contribution is -0.145. The normalized spacial score (nSPS) is 24.3. The van der Waals surface area contributed by atoms with Crippen molar-refractivity contribution in [2.45, 2.75) is 106 Å². The van der Waals surface area contributed by atoms with Gasteiger partial charge in [-0.05, 0) is 34.5 Å². The van der Waals surface area contributed by atoms with Crippen LogP contribution in [0.2, 0.25) is 0 Å². The van der Waals surface area contributed by atoms with Gasteiger partial charge in [0.1, 0.15) is 12.1 Å². The first-order valence-corrected chi connectivity index (χ1v) is 18.7. The molecule has 2 aliphatic heterocycles. The molecule has 3 rings (SSSR count). The second-order valence-corrected chi connectivity index (χ2v) is 18.2. The van der Waals surface area contributed by atoms with E-state index < -0.39 is 80.6 Å². The number of piperidine rings is 1. The first kappa shape index (κ1) is 40.9. The molecule has 0 bridgehead atoms. The summed E-state index contributed by atoms with van der Waals surface area (Å²) in [6.45, 7) is 21.9. The summed E-state index contributed by atoms with van der Waals surface area (Å²) in [5.41, 5.74) is -1.66. The Balaban J connectivity index is 1.83. The number of amides is 6. The second kappa shape index (κ2) is 15.0. The van der Waals surface area contributed by atoms with Crippen molar-refractivity contribution in [3.63, 3.8) is 0 Å². The first-order chi connectivity index (χ1) is 22.9. The van der Waals surface area contributed by atoms with E-state index in [1.807, 2.05) is 41.5 Å². The summed E-state index contributed by atoms with van der Waals surface area (Å²) in [6, 6.07) is -4.47. The Morgan fingerprint density at radius 3 is 2.08 bits per heavy atom. The number of likely N-dealkylation sites (tertiary alicyclic amines) is 1. The zero-order valence-corrected chi connectivity index (χ0v) is 32.0. The second-order valence-electron chi connectivity index (χ2n) is 16.4. The van der Waals surface area contributed by atoms with E-state index in [0.29, 0.717) is 6.42 Å². The molecule has 2 unspecified atom stereocenters. The molecule has 0 radical (unpaired) electrons. The fourth-order valence-corrected chi connectivity index (χ4v) is 8.57. The summed E-state index contributed by atoms with van der Waals surface area (Å²) in [5, 5.41) is 10.9. The Bertz CT molecular complexity index is 1480. The molecule has 0 aromatic heterocycles. The van der Waals surface area contributed by atoms with E-state index in [0.717, 1.165) is 8.61 Å². The van der Waals surface area contributed by atoms with Crippen LogP contribution in [0.5, 0.6) is 0 Å². The summed E-state index contributed by atoms with van der Waals surface area (Å²) in [5.74, 6) is -3.36. The zero-order valence-electron chi connectivity index (χ0n) is 31.2. The van der Waals surface area contributed by atoms with Crippen LogP contribution >= 0.6 is 0 Å². The number of carbonyl (C=O) groups is 6. The lowest BCUT2D eigenvalue weighted by atomic mass is 9.85. The third-order valence-corrected chi connectivity index (χ3v) is 12.2. The molecule has 282 valence electrons. The van der Waals surface area contributed by atoms with E-state index in [-0.39, 0.29) is 56.4 Å². The van der Waals surface area contributed by atoms with Crippen molar-refractivity contribution in [1.29, 1.82) is 0 Å². The molecule has 15 nitrogen and oxygen atoms in total. The Hall–Kier alpha value is -3.53. The fourth-order valence-electron chi connectivity index (χ4n) is 7.00. The topological polar surface area (TPSA) is 194 Å². The summed E-state index contributed by atoms with van der Waals surface area (Å²) in [4.78, 5) is 80.8. The smallest absolute Gasteiger partial charge is 0.315 e. The minimum atomic E-state index is -4.04. The Morgan fingerprint density at radius 1 is 0.960 bits per heavy atom. The van der Waals surface area contributed by atoms with E-state index in [1.165, 1.54) is 17.9 Å². The Labute approximate surface area is 296 Å². The third kappa shape index (κ3) is 8.67. The van der Waals surface area contributed by atoms with Gasteiger partial charge in [0.05, 0.1) is 12.6 Å². The highest BCUT2D eigenvalue weighted by Gasteiger charge is 2.70. The van der Waals surface area contributed by atoms with Gasteiger partial charge in [-0.25, -0.2) is 9.10 Å². The molecule has 1 saturated carbocycles. The van der Waals surface area contributed by atoms with Gasteiger partial charge in [0.15, 0.2) is 0 Å². The van der Waals surface area contributed by atoms with E-state index >= 15 is 0 Å². The molecule has 0 aromatic rings. The van der Waals surface area contributed by atoms with Gasteiger partial charge in [-0.15, -0.1) is 6.58 Å². The number of nitrogens with zero attached hydrogens (tertiary/aromatic N) is 3. The molecule has 16 heteroatoms. The van der Waals surface area contributed by atoms with Crippen LogP contribution in [0, 0.1) is 28.1 Å². The van der Waals surface area contributed by atoms with Gasteiger partial charge < -0.3 is 26.2 Å². The van der Waals surface area contributed by atoms with Gasteiger partial charge in [0, 0.05) is 39.1 Å². The number of hydrogen-bond donors (Lipinski definition) is 4. The van der Waals surface area contributed by atoms with Crippen molar-refractivity contribution in [3.8, 4) is 0 Å². The van der Waals surface area contributed by atoms with E-state index in [2.05, 4.69) is 27.8 Å². The summed E-state index contributed by atoms with van der Waals surface area (Å²) in [6.07, 6.45) is 2.20. The van der Waals surface area contributed by atoms with E-state index in [9.17, 15) is 37.2 Å². The average molecular weight is 724 g/mol. The number of carbonyl (C=O) groups excluding carboxylic acids is 6. The molecule has 0 aromatic carbocycles. The van der Waals surface area contributed by atoms with Crippen molar-refractivity contribution < 1.29 is 37.2 Å². The number of ketones is 1. The monoisotopic (exact) mass is 723 g/mol. The number of nitrogens with one attached hydrogen (secondary N) is 4. The number of rotatable bonds is 13. The average Bonchev–Trinajstić information content (AvgIpc) is 3.27. The van der Waals surface area contributed by atoms with Crippen LogP contribution in [-0.4, -0.2) is 114 Å². The first-order valence-electron chi connectivity index (χ1n) is 17.3. The predicted molar refractivity (Wildman–Crippen MR) is 187 cm³/mol. The van der Waals surface area contributed by atoms with Gasteiger partial charge in [0.25, 0.3) is 5.91 Å². The number of fused-ring (bicyclic) bond motifs is 1. The van der Waals surface area contributed by atoms with Crippen molar-refractivity contribution in [2.75, 3.05) is 32.7 Å². The van der Waals surface area contributed by atoms with Crippen molar-refractivity contribution in [3.05, 3.63) is 12.7 Å². The lowest BCUT2D eigenvalue weighted by Crippen LogP contribution is -2.62. The summed E-state index contributed by atoms with van der Waals surface area (Å²) >= 11 is 0. The van der Waals surface area contributed by atoms with Crippen LogP contribution in [0.4, 0.5) is 4.79 Å². The largest absolute Gasteiger partial charge is 0.346 e. The quantitative estimate of drug-likeness (QED) is 0.161. The molecule has 4 N–H and O–H groups in total. The Kier molecular flexibility index (Phi) is 12.3. The molecule has 2 heterocycles. The molecular weight excluding hydrogens is 666 g/mol. The molecular formula is C34H57N7O8S. The molecule has 3 aliphatic rings. The maximum Gasteiger partial charge on any atom is 0.315 e. The van der Waals surface area contributed by atoms with Crippen LogP contribution in [0.25, 0.3) is 0 Å². The minimum absolute atomic E-state index is 0.0144. The summed E-state index contributed by atoms with van der Waals surface area (Å²) in [7, 11) is -4.04. The highest BCUT2D eigenvalue weighted by molar-refractivity contribution is 7.87. The number of urea groups is 1. The molecule has 2 saturated heterocycles. The molecule has 1 aliphatic carbocycles. The standard InChI is InChI=1S/C34H57N7O8S/c1-12-14-22(26(43)29(45)35-15-13-2)36-28(44)25-24-21(34(24,10)11)18-40(25)30(46)27(33(7,8)9)38-31(47)37-23(32(4,5)6)19-39-16-17-41(20(3)42)50(39,48)49/h13,21-25,27H,2,12,14-19H2,1,3-11H3,(H,35,45)(H,36,44)(H2,37,38,47)/t21-,22?,23+,24-,25?,27+/m0/s1. The maximum absolute atomic E-state index is 14.4. The van der Waals surface area contributed by atoms with Gasteiger partial charge in [-0.3, -0.25) is 24.0 Å². The third-order valence-electron chi connectivity index (χ3n) is 10.2. The van der Waals surface area contributed by atoms with Crippen LogP contribution in [0.15, 0.2) is 12.7 Å². The van der Waals surface area contributed by atoms with Gasteiger partial charge >= 0.3 is 16.2 Å². The number of hydrogen-bond acceptors (Lipinski definition) is 8. The van der Waals surface area contributed by atoms with Crippen molar-refractivity contribution in [1.82, 2.24) is 34.8 Å². The van der Waals surface area contributed by atoms with Crippen molar-refractivity contribution in [2.24, 2.45) is 28.1 Å². The van der Waals surface area contributed by atoms with Crippen molar-refractivity contribution >= 4 is 45.7 Å². The van der Waals surface area contributed by atoms with Gasteiger partial charge in [0.2, 0.25) is 23.5 Å². The van der Waals surface area contributed by atoms with Crippen LogP contribution in [0.1, 0.15) is 82.1 Å². The fraction of sp³-hybridized carbons (Fsp3) is 0.765. The Morgan fingerprint density at radius 2 is 1.58 bits per heavy atom. The molecule has 0 spiro atoms. The molecule has 3 fully saturated rings. The highest BCUT2D eigenvalue weighted by atomic mass is 32.2. The van der Waals surface area contributed by atoms with Crippen LogP contribution in [-0.2, 0) is 34.2 Å². The lowest BCUT2D eigenvalue weighted by Gasteiger charge is -2.39. The van der Waals surface area contributed by atoms with Crippen LogP contribution < -0.4 is 21.3 Å². The van der Waals surface area contributed by atoms with E-state index in [4.69, 9.17) is 0 Å². The minimum Gasteiger partial charge on any atom is -0.346 e. The van der Waals surface area contributed by atoms with Gasteiger partial charge in [-0.1, -0.05) is 74.8 Å². The van der Waals surface area contributed by atoms with Crippen LogP contribution in [0.3, 0.4) is 0 Å². The SMILES string of the molecule is C=CCNC(=O)C(=O)C(CCC)NC(=O)C1[C@@H]2[C@H](CN1C(=O)[C@@H](NC(=O)N[C@H](CN1CCN(C(C)=O)S1(=O)=O)C(C)(C)C)C(C)(C)C)C2(C)C. The van der Waals surface area contributed by atoms with Gasteiger partial charge in [-0.2, -0.15) is 12.7 Å². The molecule has 6 atom stereocenters. The zero-order chi connectivity index (χ0) is 38.1. The molecule has 6 amide bonds. The molecule has 50 heavy (non-hydrogen) atoms. The maximum atomic E-state index is 14.4. The number of Topliss-reactive ketones (excluding diaryl/α,β-unsaturated/α-hetero) is 1.